The molecule has 0 spiro atoms. The van der Waals surface area contributed by atoms with Crippen LogP contribution in [0.15, 0.2) is 36.5 Å². The Hall–Kier alpha value is -6.17. The lowest BCUT2D eigenvalue weighted by Gasteiger charge is -2.34. The minimum Gasteiger partial charge on any atom is -0.495 e. The quantitative estimate of drug-likeness (QED) is 0.137. The Balaban J connectivity index is 0.821. The van der Waals surface area contributed by atoms with Gasteiger partial charge in [0.05, 0.1) is 41.1 Å². The summed E-state index contributed by atoms with van der Waals surface area (Å²) in [7, 11) is 3.19. The van der Waals surface area contributed by atoms with E-state index in [1.807, 2.05) is 13.8 Å². The number of nitrogens with zero attached hydrogens (tertiary/aromatic N) is 6. The number of ether oxygens (including phenoxy) is 1. The molecule has 1 saturated carbocycles. The largest absolute Gasteiger partial charge is 0.495 e. The van der Waals surface area contributed by atoms with Crippen LogP contribution >= 0.6 is 0 Å². The Morgan fingerprint density at radius 1 is 0.984 bits per heavy atom. The van der Waals surface area contributed by atoms with Gasteiger partial charge in [0.25, 0.3) is 17.7 Å². The standard InChI is InChI=1S/C45H55FN10O7/c1-45(2)25-55(27-10-5-6-11-27)38-34(53(3)43(45)62)24-48-44(52-38)50-32-23-30(46)29(22-35(32)63-4)39(58)49-26-16-20-54(21-17-26)19-8-7-18-47-31-13-9-12-28-37(31)42(61)56(41(28)60)33-14-15-36(57)51-40(33)59/h9,12-13,22-24,26-27,33,47H,5-8,10-11,14-21,25H2,1-4H3,(H,49,58)(H,48,50,52)(H,51,57,59). The molecule has 1 aliphatic carbocycles. The van der Waals surface area contributed by atoms with Gasteiger partial charge in [-0.3, -0.25) is 39.0 Å². The van der Waals surface area contributed by atoms with Crippen molar-refractivity contribution >= 4 is 64.3 Å². The van der Waals surface area contributed by atoms with Gasteiger partial charge in [0, 0.05) is 63.5 Å². The number of benzene rings is 2. The number of carbonyl (C=O) groups is 6. The van der Waals surface area contributed by atoms with E-state index in [-0.39, 0.29) is 64.9 Å². The zero-order chi connectivity index (χ0) is 44.6. The molecule has 6 amide bonds. The van der Waals surface area contributed by atoms with Gasteiger partial charge in [-0.2, -0.15) is 4.98 Å². The van der Waals surface area contributed by atoms with Crippen LogP contribution in [0.1, 0.15) is 109 Å². The number of amides is 6. The summed E-state index contributed by atoms with van der Waals surface area (Å²) in [6.45, 7) is 7.30. The van der Waals surface area contributed by atoms with Crippen molar-refractivity contribution in [1.29, 1.82) is 0 Å². The van der Waals surface area contributed by atoms with Crippen LogP contribution in [0.25, 0.3) is 0 Å². The summed E-state index contributed by atoms with van der Waals surface area (Å²) in [5, 5.41) is 11.6. The van der Waals surface area contributed by atoms with E-state index in [9.17, 15) is 28.8 Å². The summed E-state index contributed by atoms with van der Waals surface area (Å²) in [6, 6.07) is 6.69. The molecule has 5 heterocycles. The summed E-state index contributed by atoms with van der Waals surface area (Å²) in [5.74, 6) is -2.32. The fourth-order valence-electron chi connectivity index (χ4n) is 9.55. The fraction of sp³-hybridized carbons (Fsp3) is 0.511. The van der Waals surface area contributed by atoms with Gasteiger partial charge >= 0.3 is 0 Å². The number of fused-ring (bicyclic) bond motifs is 2. The van der Waals surface area contributed by atoms with Gasteiger partial charge in [0.2, 0.25) is 23.7 Å². The van der Waals surface area contributed by atoms with Crippen LogP contribution in [0, 0.1) is 11.2 Å². The average Bonchev–Trinajstić information content (AvgIpc) is 3.88. The first kappa shape index (κ1) is 43.5. The SMILES string of the molecule is COc1cc(C(=O)NC2CCN(CCCCNc3cccc4c3C(=O)N(C3CCC(=O)NC3=O)C4=O)CC2)c(F)cc1Nc1ncc2c(n1)N(C1CCCC1)CC(C)(C)C(=O)N2C. The van der Waals surface area contributed by atoms with Crippen molar-refractivity contribution in [2.45, 2.75) is 96.2 Å². The zero-order valence-electron chi connectivity index (χ0n) is 36.2. The summed E-state index contributed by atoms with van der Waals surface area (Å²) in [5.41, 5.74) is 1.09. The predicted octanol–water partition coefficient (Wildman–Crippen LogP) is 4.61. The van der Waals surface area contributed by atoms with Crippen molar-refractivity contribution < 1.29 is 37.9 Å². The Kier molecular flexibility index (Phi) is 12.4. The highest BCUT2D eigenvalue weighted by molar-refractivity contribution is 6.25. The molecular weight excluding hydrogens is 812 g/mol. The van der Waals surface area contributed by atoms with Crippen LogP contribution in [0.4, 0.5) is 33.2 Å². The third-order valence-electron chi connectivity index (χ3n) is 13.0. The number of hydrogen-bond acceptors (Lipinski definition) is 13. The van der Waals surface area contributed by atoms with Gasteiger partial charge in [-0.25, -0.2) is 9.37 Å². The molecule has 1 unspecified atom stereocenters. The topological polar surface area (TPSA) is 199 Å². The van der Waals surface area contributed by atoms with Gasteiger partial charge in [-0.15, -0.1) is 0 Å². The number of anilines is 5. The maximum Gasteiger partial charge on any atom is 0.264 e. The minimum absolute atomic E-state index is 0.0177. The number of unbranched alkanes of at least 4 members (excludes halogenated alkanes) is 1. The highest BCUT2D eigenvalue weighted by Gasteiger charge is 2.46. The van der Waals surface area contributed by atoms with Crippen molar-refractivity contribution in [2.75, 3.05) is 67.3 Å². The molecule has 5 aliphatic rings. The van der Waals surface area contributed by atoms with Gasteiger partial charge in [-0.05, 0) is 83.5 Å². The van der Waals surface area contributed by atoms with Crippen LogP contribution in [-0.2, 0) is 14.4 Å². The first-order valence-corrected chi connectivity index (χ1v) is 21.9. The number of aromatic nitrogens is 2. The number of nitrogens with one attached hydrogen (secondary N) is 4. The molecule has 334 valence electrons. The number of likely N-dealkylation sites (tertiary alicyclic amines) is 1. The van der Waals surface area contributed by atoms with Crippen molar-refractivity contribution in [3.63, 3.8) is 0 Å². The van der Waals surface area contributed by atoms with Crippen LogP contribution in [-0.4, -0.2) is 120 Å². The third kappa shape index (κ3) is 8.77. The van der Waals surface area contributed by atoms with E-state index in [0.717, 1.165) is 63.1 Å². The minimum atomic E-state index is -1.02. The number of hydrogen-bond donors (Lipinski definition) is 4. The summed E-state index contributed by atoms with van der Waals surface area (Å²) < 4.78 is 21.3. The summed E-state index contributed by atoms with van der Waals surface area (Å²) in [4.78, 5) is 93.9. The summed E-state index contributed by atoms with van der Waals surface area (Å²) >= 11 is 0. The van der Waals surface area contributed by atoms with E-state index in [2.05, 4.69) is 36.1 Å². The highest BCUT2D eigenvalue weighted by Crippen LogP contribution is 2.41. The van der Waals surface area contributed by atoms with Crippen molar-refractivity contribution in [3.05, 3.63) is 59.0 Å². The molecule has 0 radical (unpaired) electrons. The van der Waals surface area contributed by atoms with Gasteiger partial charge in [0.1, 0.15) is 23.3 Å². The average molecular weight is 867 g/mol. The highest BCUT2D eigenvalue weighted by atomic mass is 19.1. The molecule has 4 N–H and O–H groups in total. The van der Waals surface area contributed by atoms with E-state index in [1.54, 1.807) is 36.3 Å². The van der Waals surface area contributed by atoms with E-state index >= 15 is 4.39 Å². The van der Waals surface area contributed by atoms with Crippen molar-refractivity contribution in [3.8, 4) is 5.75 Å². The van der Waals surface area contributed by atoms with E-state index < -0.39 is 46.8 Å². The molecule has 18 heteroatoms. The molecule has 2 aromatic carbocycles. The molecule has 4 aliphatic heterocycles. The molecule has 3 aromatic rings. The lowest BCUT2D eigenvalue weighted by Crippen LogP contribution is -2.54. The fourth-order valence-corrected chi connectivity index (χ4v) is 9.55. The predicted molar refractivity (Wildman–Crippen MR) is 233 cm³/mol. The molecule has 1 aromatic heterocycles. The molecule has 1 atom stereocenters. The van der Waals surface area contributed by atoms with Gasteiger partial charge in [0.15, 0.2) is 5.82 Å². The van der Waals surface area contributed by atoms with Crippen LogP contribution in [0.2, 0.25) is 0 Å². The normalized spacial score (nSPS) is 20.7. The first-order chi connectivity index (χ1) is 30.2. The number of methoxy groups -OCH3 is 1. The molecule has 8 rings (SSSR count). The molecule has 2 saturated heterocycles. The van der Waals surface area contributed by atoms with Crippen LogP contribution < -0.4 is 35.8 Å². The second kappa shape index (κ2) is 17.9. The van der Waals surface area contributed by atoms with E-state index in [0.29, 0.717) is 43.1 Å². The lowest BCUT2D eigenvalue weighted by molar-refractivity contribution is -0.136. The Bertz CT molecular complexity index is 2330. The molecule has 3 fully saturated rings. The second-order valence-corrected chi connectivity index (χ2v) is 17.8. The molecule has 17 nitrogen and oxygen atoms in total. The van der Waals surface area contributed by atoms with Gasteiger partial charge in [-0.1, -0.05) is 18.9 Å². The Morgan fingerprint density at radius 3 is 2.48 bits per heavy atom. The Labute approximate surface area is 365 Å². The van der Waals surface area contributed by atoms with Gasteiger partial charge < -0.3 is 35.4 Å². The summed E-state index contributed by atoms with van der Waals surface area (Å²) in [6.07, 6.45) is 9.06. The second-order valence-electron chi connectivity index (χ2n) is 17.8. The number of piperidine rings is 2. The van der Waals surface area contributed by atoms with Crippen molar-refractivity contribution in [2.24, 2.45) is 5.41 Å². The van der Waals surface area contributed by atoms with E-state index in [1.165, 1.54) is 19.2 Å². The molecule has 63 heavy (non-hydrogen) atoms. The number of halogens is 1. The lowest BCUT2D eigenvalue weighted by atomic mass is 9.91. The number of carbonyl (C=O) groups excluding carboxylic acids is 6. The molecular formula is C45H55FN10O7. The van der Waals surface area contributed by atoms with Crippen molar-refractivity contribution in [1.82, 2.24) is 30.4 Å². The maximum absolute atomic E-state index is 15.7. The Morgan fingerprint density at radius 2 is 1.75 bits per heavy atom. The smallest absolute Gasteiger partial charge is 0.264 e. The number of imide groups is 2. The third-order valence-corrected chi connectivity index (χ3v) is 13.0. The van der Waals surface area contributed by atoms with Crippen LogP contribution in [0.5, 0.6) is 5.75 Å². The van der Waals surface area contributed by atoms with Crippen LogP contribution in [0.3, 0.4) is 0 Å². The maximum atomic E-state index is 15.7. The van der Waals surface area contributed by atoms with E-state index in [4.69, 9.17) is 9.72 Å². The first-order valence-electron chi connectivity index (χ1n) is 21.9. The number of rotatable bonds is 13. The monoisotopic (exact) mass is 866 g/mol. The molecule has 0 bridgehead atoms. The zero-order valence-corrected chi connectivity index (χ0v) is 36.2.